The Hall–Kier alpha value is -2.02. The lowest BCUT2D eigenvalue weighted by atomic mass is 9.85. The molecule has 27 heavy (non-hydrogen) atoms. The third-order valence-corrected chi connectivity index (χ3v) is 4.84. The topological polar surface area (TPSA) is 32.8 Å². The van der Waals surface area contributed by atoms with Crippen LogP contribution in [0.1, 0.15) is 31.2 Å². The fourth-order valence-corrected chi connectivity index (χ4v) is 3.18. The average molecular weight is 384 g/mol. The summed E-state index contributed by atoms with van der Waals surface area (Å²) in [5.41, 5.74) is -0.767. The molecule has 0 radical (unpaired) electrons. The summed E-state index contributed by atoms with van der Waals surface area (Å²) < 4.78 is 43.0. The third kappa shape index (κ3) is 6.57. The second-order valence-electron chi connectivity index (χ2n) is 7.26. The van der Waals surface area contributed by atoms with E-state index in [4.69, 9.17) is 4.74 Å². The first-order valence-electron chi connectivity index (χ1n) is 9.10. The molecule has 0 aromatic heterocycles. The molecule has 0 N–H and O–H groups in total. The van der Waals surface area contributed by atoms with Crippen LogP contribution in [0.25, 0.3) is 0 Å². The number of likely N-dealkylation sites (N-methyl/N-ethyl adjacent to an activating group) is 1. The zero-order chi connectivity index (χ0) is 20.0. The molecule has 150 valence electrons. The van der Waals surface area contributed by atoms with Crippen molar-refractivity contribution in [1.82, 2.24) is 9.80 Å². The normalized spacial score (nSPS) is 20.9. The smallest absolute Gasteiger partial charge is 0.410 e. The molecular formula is C20H27F3N2O2. The first-order valence-corrected chi connectivity index (χ1v) is 9.10. The number of rotatable bonds is 5. The summed E-state index contributed by atoms with van der Waals surface area (Å²) in [6, 6.07) is 4.24. The Morgan fingerprint density at radius 1 is 1.11 bits per heavy atom. The number of hydrogen-bond donors (Lipinski definition) is 0. The maximum Gasteiger partial charge on any atom is 0.416 e. The molecule has 0 spiro atoms. The number of alkyl halides is 3. The van der Waals surface area contributed by atoms with Gasteiger partial charge < -0.3 is 14.5 Å². The summed E-state index contributed by atoms with van der Waals surface area (Å²) in [5, 5.41) is 0. The zero-order valence-corrected chi connectivity index (χ0v) is 16.0. The van der Waals surface area contributed by atoms with Gasteiger partial charge in [-0.3, -0.25) is 0 Å². The number of carbonyl (C=O) groups is 1. The van der Waals surface area contributed by atoms with E-state index >= 15 is 0 Å². The molecule has 1 aliphatic rings. The fraction of sp³-hybridized carbons (Fsp3) is 0.550. The molecule has 0 saturated heterocycles. The van der Waals surface area contributed by atoms with E-state index < -0.39 is 17.8 Å². The third-order valence-electron chi connectivity index (χ3n) is 4.84. The number of amides is 1. The van der Waals surface area contributed by atoms with Crippen LogP contribution in [-0.2, 0) is 6.18 Å². The highest BCUT2D eigenvalue weighted by Gasteiger charge is 2.30. The number of allylic oxidation sites excluding steroid dienone is 1. The van der Waals surface area contributed by atoms with Crippen molar-refractivity contribution in [2.24, 2.45) is 5.92 Å². The number of halogens is 3. The number of ether oxygens (including phenoxy) is 1. The maximum absolute atomic E-state index is 12.6. The predicted molar refractivity (Wildman–Crippen MR) is 98.7 cm³/mol. The van der Waals surface area contributed by atoms with Gasteiger partial charge in [0.1, 0.15) is 5.75 Å². The van der Waals surface area contributed by atoms with Crippen LogP contribution in [-0.4, -0.2) is 49.6 Å². The van der Waals surface area contributed by atoms with Crippen LogP contribution in [0.5, 0.6) is 5.75 Å². The lowest BCUT2D eigenvalue weighted by Crippen LogP contribution is -2.40. The molecule has 1 aromatic carbocycles. The van der Waals surface area contributed by atoms with Gasteiger partial charge in [0.25, 0.3) is 0 Å². The Balaban J connectivity index is 1.83. The Kier molecular flexibility index (Phi) is 7.30. The van der Waals surface area contributed by atoms with Gasteiger partial charge in [0.15, 0.2) is 0 Å². The first kappa shape index (κ1) is 21.3. The molecule has 2 rings (SSSR count). The van der Waals surface area contributed by atoms with Gasteiger partial charge in [-0.2, -0.15) is 13.2 Å². The highest BCUT2D eigenvalue weighted by molar-refractivity contribution is 5.70. The predicted octanol–water partition coefficient (Wildman–Crippen LogP) is 4.81. The van der Waals surface area contributed by atoms with Gasteiger partial charge in [-0.25, -0.2) is 4.79 Å². The Morgan fingerprint density at radius 2 is 1.70 bits per heavy atom. The molecular weight excluding hydrogens is 357 g/mol. The number of nitrogens with zero attached hydrogens (tertiary/aromatic N) is 2. The maximum atomic E-state index is 12.6. The number of hydrogen-bond acceptors (Lipinski definition) is 3. The quantitative estimate of drug-likeness (QED) is 0.683. The first-order chi connectivity index (χ1) is 12.7. The molecule has 0 atom stereocenters. The Labute approximate surface area is 158 Å². The average Bonchev–Trinajstić information content (AvgIpc) is 2.61. The number of benzene rings is 1. The summed E-state index contributed by atoms with van der Waals surface area (Å²) >= 11 is 0. The fourth-order valence-electron chi connectivity index (χ4n) is 3.18. The van der Waals surface area contributed by atoms with Crippen molar-refractivity contribution in [1.29, 1.82) is 0 Å². The second-order valence-corrected chi connectivity index (χ2v) is 7.26. The van der Waals surface area contributed by atoms with E-state index in [1.165, 1.54) is 12.1 Å². The molecule has 1 aliphatic carbocycles. The van der Waals surface area contributed by atoms with Gasteiger partial charge in [0, 0.05) is 19.6 Å². The van der Waals surface area contributed by atoms with E-state index in [0.29, 0.717) is 5.92 Å². The van der Waals surface area contributed by atoms with Crippen molar-refractivity contribution >= 4 is 6.09 Å². The molecule has 1 saturated carbocycles. The molecule has 0 aliphatic heterocycles. The van der Waals surface area contributed by atoms with Crippen molar-refractivity contribution in [3.8, 4) is 5.75 Å². The van der Waals surface area contributed by atoms with Crippen LogP contribution in [0.2, 0.25) is 0 Å². The molecule has 7 heteroatoms. The SMILES string of the molecule is CN(C)CC=CC1CCC(N(C)C(=O)Oc2ccc(C(F)(F)F)cc2)CC1. The van der Waals surface area contributed by atoms with E-state index in [0.717, 1.165) is 44.4 Å². The van der Waals surface area contributed by atoms with E-state index in [2.05, 4.69) is 17.1 Å². The highest BCUT2D eigenvalue weighted by atomic mass is 19.4. The standard InChI is InChI=1S/C20H27F3N2O2/c1-24(2)14-4-5-15-6-10-17(11-7-15)25(3)19(26)27-18-12-8-16(9-13-18)20(21,22)23/h4-5,8-9,12-13,15,17H,6-7,10-11,14H2,1-3H3. The van der Waals surface area contributed by atoms with E-state index in [-0.39, 0.29) is 11.8 Å². The lowest BCUT2D eigenvalue weighted by Gasteiger charge is -2.33. The minimum Gasteiger partial charge on any atom is -0.410 e. The van der Waals surface area contributed by atoms with Crippen LogP contribution >= 0.6 is 0 Å². The molecule has 0 heterocycles. The van der Waals surface area contributed by atoms with Gasteiger partial charge in [-0.1, -0.05) is 12.2 Å². The Morgan fingerprint density at radius 3 is 2.22 bits per heavy atom. The molecule has 1 aromatic rings. The van der Waals surface area contributed by atoms with Gasteiger partial charge in [-0.05, 0) is 70.0 Å². The summed E-state index contributed by atoms with van der Waals surface area (Å²) in [7, 11) is 5.73. The monoisotopic (exact) mass is 384 g/mol. The van der Waals surface area contributed by atoms with Crippen LogP contribution in [0.3, 0.4) is 0 Å². The summed E-state index contributed by atoms with van der Waals surface area (Å²) in [6.07, 6.45) is 3.26. The zero-order valence-electron chi connectivity index (χ0n) is 16.0. The van der Waals surface area contributed by atoms with Crippen LogP contribution in [0.4, 0.5) is 18.0 Å². The molecule has 0 unspecified atom stereocenters. The van der Waals surface area contributed by atoms with Crippen molar-refractivity contribution < 1.29 is 22.7 Å². The van der Waals surface area contributed by atoms with Gasteiger partial charge in [-0.15, -0.1) is 0 Å². The summed E-state index contributed by atoms with van der Waals surface area (Å²) in [5.74, 6) is 0.640. The highest BCUT2D eigenvalue weighted by Crippen LogP contribution is 2.31. The van der Waals surface area contributed by atoms with Crippen molar-refractivity contribution in [2.75, 3.05) is 27.7 Å². The van der Waals surface area contributed by atoms with Gasteiger partial charge >= 0.3 is 12.3 Å². The van der Waals surface area contributed by atoms with E-state index in [1.54, 1.807) is 11.9 Å². The van der Waals surface area contributed by atoms with Crippen molar-refractivity contribution in [3.05, 3.63) is 42.0 Å². The minimum absolute atomic E-state index is 0.0884. The molecule has 1 amide bonds. The van der Waals surface area contributed by atoms with Crippen LogP contribution in [0.15, 0.2) is 36.4 Å². The minimum atomic E-state index is -4.40. The van der Waals surface area contributed by atoms with Crippen LogP contribution in [0, 0.1) is 5.92 Å². The second kappa shape index (κ2) is 9.26. The summed E-state index contributed by atoms with van der Waals surface area (Å²) in [4.78, 5) is 15.9. The van der Waals surface area contributed by atoms with Gasteiger partial charge in [0.2, 0.25) is 0 Å². The van der Waals surface area contributed by atoms with Crippen molar-refractivity contribution in [2.45, 2.75) is 37.9 Å². The van der Waals surface area contributed by atoms with E-state index in [9.17, 15) is 18.0 Å². The Bertz CT molecular complexity index is 634. The van der Waals surface area contributed by atoms with Crippen LogP contribution < -0.4 is 4.74 Å². The number of carbonyl (C=O) groups excluding carboxylic acids is 1. The van der Waals surface area contributed by atoms with Gasteiger partial charge in [0.05, 0.1) is 5.56 Å². The molecule has 4 nitrogen and oxygen atoms in total. The lowest BCUT2D eigenvalue weighted by molar-refractivity contribution is -0.137. The molecule has 0 bridgehead atoms. The largest absolute Gasteiger partial charge is 0.416 e. The van der Waals surface area contributed by atoms with E-state index in [1.807, 2.05) is 14.1 Å². The molecule has 1 fully saturated rings. The van der Waals surface area contributed by atoms with Crippen molar-refractivity contribution in [3.63, 3.8) is 0 Å². The summed E-state index contributed by atoms with van der Waals surface area (Å²) in [6.45, 7) is 0.916.